The van der Waals surface area contributed by atoms with Crippen LogP contribution in [0.15, 0.2) is 0 Å². The van der Waals surface area contributed by atoms with E-state index in [1.165, 1.54) is 0 Å². The first-order valence-corrected chi connectivity index (χ1v) is 4.15. The van der Waals surface area contributed by atoms with Crippen LogP contribution in [-0.4, -0.2) is 18.3 Å². The summed E-state index contributed by atoms with van der Waals surface area (Å²) >= 11 is 0. The highest BCUT2D eigenvalue weighted by Crippen LogP contribution is 2.00. The van der Waals surface area contributed by atoms with E-state index in [0.717, 1.165) is 0 Å². The second-order valence-corrected chi connectivity index (χ2v) is 3.00. The van der Waals surface area contributed by atoms with E-state index in [-0.39, 0.29) is 18.9 Å². The maximum Gasteiger partial charge on any atom is 0.311 e. The van der Waals surface area contributed by atoms with Gasteiger partial charge in [-0.05, 0) is 20.3 Å². The summed E-state index contributed by atoms with van der Waals surface area (Å²) in [6, 6.07) is 2.05. The molecule has 4 heteroatoms. The zero-order chi connectivity index (χ0) is 10.3. The number of nitrogens with zero attached hydrogens (tertiary/aromatic N) is 1. The number of nitrogens with one attached hydrogen (secondary N) is 1. The Labute approximate surface area is 78.0 Å². The normalized spacial score (nSPS) is 11.5. The third kappa shape index (κ3) is 7.01. The summed E-state index contributed by atoms with van der Waals surface area (Å²) in [5.41, 5.74) is 0.290. The fourth-order valence-electron chi connectivity index (χ4n) is 0.682. The molecule has 0 bridgehead atoms. The molecule has 0 saturated carbocycles. The summed E-state index contributed by atoms with van der Waals surface area (Å²) < 4.78 is 4.79. The van der Waals surface area contributed by atoms with Gasteiger partial charge in [0.25, 0.3) is 0 Å². The summed E-state index contributed by atoms with van der Waals surface area (Å²) in [4.78, 5) is 10.9. The van der Waals surface area contributed by atoms with Crippen molar-refractivity contribution in [3.63, 3.8) is 0 Å². The lowest BCUT2D eigenvalue weighted by molar-refractivity contribution is -0.142. The van der Waals surface area contributed by atoms with Gasteiger partial charge in [-0.1, -0.05) is 0 Å². The van der Waals surface area contributed by atoms with Crippen LogP contribution in [0.2, 0.25) is 0 Å². The highest BCUT2D eigenvalue weighted by molar-refractivity contribution is 5.95. The van der Waals surface area contributed by atoms with E-state index in [0.29, 0.717) is 12.1 Å². The molecule has 72 valence electrons. The number of hydrogen-bond acceptors (Lipinski definition) is 4. The van der Waals surface area contributed by atoms with E-state index in [9.17, 15) is 4.79 Å². The van der Waals surface area contributed by atoms with Crippen molar-refractivity contribution < 1.29 is 9.53 Å². The van der Waals surface area contributed by atoms with Crippen LogP contribution in [0.25, 0.3) is 0 Å². The molecule has 0 spiro atoms. The van der Waals surface area contributed by atoms with Gasteiger partial charge in [-0.3, -0.25) is 4.79 Å². The topological polar surface area (TPSA) is 73.9 Å². The van der Waals surface area contributed by atoms with Crippen molar-refractivity contribution in [3.05, 3.63) is 0 Å². The summed E-state index contributed by atoms with van der Waals surface area (Å²) in [6.07, 6.45) is 0.597. The number of rotatable bonds is 5. The number of carbonyl (C=O) groups is 1. The Morgan fingerprint density at radius 2 is 2.31 bits per heavy atom. The van der Waals surface area contributed by atoms with Crippen LogP contribution in [0.1, 0.15) is 26.7 Å². The maximum absolute atomic E-state index is 10.9. The van der Waals surface area contributed by atoms with Gasteiger partial charge in [0, 0.05) is 11.6 Å². The second-order valence-electron chi connectivity index (χ2n) is 3.00. The van der Waals surface area contributed by atoms with Gasteiger partial charge in [-0.15, -0.1) is 0 Å². The number of ether oxygens (including phenoxy) is 1. The molecular weight excluding hydrogens is 168 g/mol. The van der Waals surface area contributed by atoms with Gasteiger partial charge >= 0.3 is 5.97 Å². The minimum absolute atomic E-state index is 0.0426. The van der Waals surface area contributed by atoms with E-state index in [1.54, 1.807) is 13.8 Å². The Hall–Kier alpha value is -1.37. The Morgan fingerprint density at radius 1 is 1.69 bits per heavy atom. The highest BCUT2D eigenvalue weighted by atomic mass is 16.5. The minimum atomic E-state index is -0.391. The van der Waals surface area contributed by atoms with Crippen molar-refractivity contribution in [2.75, 3.05) is 6.61 Å². The Morgan fingerprint density at radius 3 is 2.77 bits per heavy atom. The SMILES string of the molecule is CC(=N)CC(=O)OCCC(C)C#N. The predicted molar refractivity (Wildman–Crippen MR) is 48.4 cm³/mol. The smallest absolute Gasteiger partial charge is 0.311 e. The third-order valence-corrected chi connectivity index (χ3v) is 1.44. The van der Waals surface area contributed by atoms with Crippen LogP contribution < -0.4 is 0 Å². The van der Waals surface area contributed by atoms with Crippen molar-refractivity contribution in [1.82, 2.24) is 0 Å². The van der Waals surface area contributed by atoms with Gasteiger partial charge in [-0.2, -0.15) is 5.26 Å². The molecule has 0 rings (SSSR count). The molecule has 0 saturated heterocycles. The molecule has 0 aromatic rings. The Bertz CT molecular complexity index is 230. The molecular formula is C9H14N2O2. The van der Waals surface area contributed by atoms with Crippen LogP contribution in [0, 0.1) is 22.7 Å². The summed E-state index contributed by atoms with van der Waals surface area (Å²) in [5, 5.41) is 15.4. The monoisotopic (exact) mass is 182 g/mol. The quantitative estimate of drug-likeness (QED) is 0.517. The molecule has 1 atom stereocenters. The molecule has 1 N–H and O–H groups in total. The summed E-state index contributed by atoms with van der Waals surface area (Å²) in [6.45, 7) is 3.59. The van der Waals surface area contributed by atoms with E-state index >= 15 is 0 Å². The molecule has 0 aromatic carbocycles. The third-order valence-electron chi connectivity index (χ3n) is 1.44. The van der Waals surface area contributed by atoms with Gasteiger partial charge in [0.2, 0.25) is 0 Å². The zero-order valence-corrected chi connectivity index (χ0v) is 7.96. The Balaban J connectivity index is 3.49. The first-order valence-electron chi connectivity index (χ1n) is 4.15. The average Bonchev–Trinajstić information content (AvgIpc) is 2.02. The summed E-state index contributed by atoms with van der Waals surface area (Å²) in [5.74, 6) is -0.480. The fourth-order valence-corrected chi connectivity index (χ4v) is 0.682. The lowest BCUT2D eigenvalue weighted by Crippen LogP contribution is -2.10. The molecule has 13 heavy (non-hydrogen) atoms. The molecule has 0 amide bonds. The van der Waals surface area contributed by atoms with Crippen molar-refractivity contribution in [2.24, 2.45) is 5.92 Å². The van der Waals surface area contributed by atoms with Crippen LogP contribution in [0.4, 0.5) is 0 Å². The van der Waals surface area contributed by atoms with Crippen molar-refractivity contribution in [2.45, 2.75) is 26.7 Å². The number of carbonyl (C=O) groups excluding carboxylic acids is 1. The maximum atomic E-state index is 10.9. The van der Waals surface area contributed by atoms with Crippen molar-refractivity contribution in [3.8, 4) is 6.07 Å². The lowest BCUT2D eigenvalue weighted by atomic mass is 10.1. The van der Waals surface area contributed by atoms with Crippen molar-refractivity contribution >= 4 is 11.7 Å². The molecule has 4 nitrogen and oxygen atoms in total. The van der Waals surface area contributed by atoms with Gasteiger partial charge < -0.3 is 10.1 Å². The highest BCUT2D eigenvalue weighted by Gasteiger charge is 2.05. The number of nitriles is 1. The second kappa shape index (κ2) is 6.18. The number of hydrogen-bond donors (Lipinski definition) is 1. The standard InChI is InChI=1S/C9H14N2O2/c1-7(6-10)3-4-13-9(12)5-8(2)11/h7,11H,3-5H2,1-2H3. The Kier molecular flexibility index (Phi) is 5.53. The molecule has 0 aliphatic carbocycles. The first-order chi connectivity index (χ1) is 6.06. The largest absolute Gasteiger partial charge is 0.465 e. The van der Waals surface area contributed by atoms with Gasteiger partial charge in [-0.25, -0.2) is 0 Å². The van der Waals surface area contributed by atoms with Crippen molar-refractivity contribution in [1.29, 1.82) is 10.7 Å². The average molecular weight is 182 g/mol. The van der Waals surface area contributed by atoms with Gasteiger partial charge in [0.15, 0.2) is 0 Å². The fraction of sp³-hybridized carbons (Fsp3) is 0.667. The minimum Gasteiger partial charge on any atom is -0.465 e. The molecule has 0 heterocycles. The molecule has 0 aliphatic heterocycles. The van der Waals surface area contributed by atoms with E-state index < -0.39 is 5.97 Å². The predicted octanol–water partition coefficient (Wildman–Crippen LogP) is 1.51. The number of esters is 1. The molecule has 1 unspecified atom stereocenters. The van der Waals surface area contributed by atoms with Gasteiger partial charge in [0.1, 0.15) is 0 Å². The van der Waals surface area contributed by atoms with Crippen LogP contribution in [0.5, 0.6) is 0 Å². The molecule has 0 aliphatic rings. The van der Waals surface area contributed by atoms with E-state index in [4.69, 9.17) is 15.4 Å². The molecule has 0 radical (unpaired) electrons. The first kappa shape index (κ1) is 11.6. The van der Waals surface area contributed by atoms with Gasteiger partial charge in [0.05, 0.1) is 19.1 Å². The zero-order valence-electron chi connectivity index (χ0n) is 7.96. The lowest BCUT2D eigenvalue weighted by Gasteiger charge is -2.04. The summed E-state index contributed by atoms with van der Waals surface area (Å²) in [7, 11) is 0. The molecule has 0 fully saturated rings. The van der Waals surface area contributed by atoms with Crippen LogP contribution >= 0.6 is 0 Å². The molecule has 0 aromatic heterocycles. The van der Waals surface area contributed by atoms with E-state index in [2.05, 4.69) is 0 Å². The van der Waals surface area contributed by atoms with E-state index in [1.807, 2.05) is 6.07 Å². The van der Waals surface area contributed by atoms with Crippen LogP contribution in [-0.2, 0) is 9.53 Å². The van der Waals surface area contributed by atoms with Crippen LogP contribution in [0.3, 0.4) is 0 Å².